The Kier molecular flexibility index (Phi) is 5.26. The lowest BCUT2D eigenvalue weighted by molar-refractivity contribution is 0.185. The Hall–Kier alpha value is -1.50. The number of rotatable bonds is 5. The third-order valence-corrected chi connectivity index (χ3v) is 3.51. The summed E-state index contributed by atoms with van der Waals surface area (Å²) in [5.74, 6) is 2.72. The molecule has 1 aliphatic heterocycles. The number of hydrogen-bond donors (Lipinski definition) is 1. The lowest BCUT2D eigenvalue weighted by Gasteiger charge is -2.31. The molecule has 0 unspecified atom stereocenters. The SMILES string of the molecule is C#CCN1CCC(Nc2cccc(COC)c2)CC1. The summed E-state index contributed by atoms with van der Waals surface area (Å²) in [5, 5.41) is 3.61. The minimum atomic E-state index is 0.548. The molecule has 1 fully saturated rings. The van der Waals surface area contributed by atoms with Crippen LogP contribution in [0.5, 0.6) is 0 Å². The van der Waals surface area contributed by atoms with Crippen LogP contribution >= 0.6 is 0 Å². The molecule has 0 aromatic heterocycles. The van der Waals surface area contributed by atoms with E-state index in [0.29, 0.717) is 12.6 Å². The molecule has 3 nitrogen and oxygen atoms in total. The van der Waals surface area contributed by atoms with Crippen molar-refractivity contribution in [1.82, 2.24) is 4.90 Å². The second kappa shape index (κ2) is 7.18. The summed E-state index contributed by atoms with van der Waals surface area (Å²) in [6.07, 6.45) is 7.64. The Morgan fingerprint density at radius 1 is 1.42 bits per heavy atom. The molecule has 1 saturated heterocycles. The van der Waals surface area contributed by atoms with Gasteiger partial charge in [-0.05, 0) is 30.5 Å². The Bertz CT molecular complexity index is 431. The quantitative estimate of drug-likeness (QED) is 0.820. The van der Waals surface area contributed by atoms with Gasteiger partial charge in [-0.1, -0.05) is 18.1 Å². The fraction of sp³-hybridized carbons (Fsp3) is 0.500. The topological polar surface area (TPSA) is 24.5 Å². The first kappa shape index (κ1) is 13.9. The number of nitrogens with one attached hydrogen (secondary N) is 1. The van der Waals surface area contributed by atoms with Crippen LogP contribution in [0.2, 0.25) is 0 Å². The molecule has 0 radical (unpaired) electrons. The highest BCUT2D eigenvalue weighted by molar-refractivity contribution is 5.46. The largest absolute Gasteiger partial charge is 0.382 e. The Labute approximate surface area is 115 Å². The maximum atomic E-state index is 5.34. The van der Waals surface area contributed by atoms with Gasteiger partial charge in [0.25, 0.3) is 0 Å². The first-order chi connectivity index (χ1) is 9.31. The molecule has 0 aliphatic carbocycles. The molecule has 0 spiro atoms. The molecule has 1 aromatic carbocycles. The van der Waals surface area contributed by atoms with Gasteiger partial charge < -0.3 is 10.1 Å². The van der Waals surface area contributed by atoms with Gasteiger partial charge in [0.2, 0.25) is 0 Å². The summed E-state index contributed by atoms with van der Waals surface area (Å²) in [7, 11) is 1.72. The molecule has 0 amide bonds. The molecular formula is C16H22N2O. The molecule has 1 heterocycles. The van der Waals surface area contributed by atoms with E-state index in [4.69, 9.17) is 11.2 Å². The van der Waals surface area contributed by atoms with Gasteiger partial charge in [0.15, 0.2) is 0 Å². The van der Waals surface area contributed by atoms with Crippen molar-refractivity contribution in [3.05, 3.63) is 29.8 Å². The minimum Gasteiger partial charge on any atom is -0.382 e. The molecule has 1 aromatic rings. The zero-order chi connectivity index (χ0) is 13.5. The molecule has 19 heavy (non-hydrogen) atoms. The van der Waals surface area contributed by atoms with Crippen LogP contribution in [-0.4, -0.2) is 37.7 Å². The van der Waals surface area contributed by atoms with E-state index in [2.05, 4.69) is 40.4 Å². The van der Waals surface area contributed by atoms with E-state index in [1.807, 2.05) is 0 Å². The number of terminal acetylenes is 1. The van der Waals surface area contributed by atoms with Crippen LogP contribution in [0, 0.1) is 12.3 Å². The van der Waals surface area contributed by atoms with E-state index >= 15 is 0 Å². The van der Waals surface area contributed by atoms with E-state index in [-0.39, 0.29) is 0 Å². The van der Waals surface area contributed by atoms with Crippen LogP contribution in [0.15, 0.2) is 24.3 Å². The lowest BCUT2D eigenvalue weighted by Crippen LogP contribution is -2.39. The number of likely N-dealkylation sites (tertiary alicyclic amines) is 1. The summed E-state index contributed by atoms with van der Waals surface area (Å²) >= 11 is 0. The molecule has 0 bridgehead atoms. The van der Waals surface area contributed by atoms with Gasteiger partial charge in [-0.2, -0.15) is 0 Å². The number of methoxy groups -OCH3 is 1. The maximum absolute atomic E-state index is 5.34. The fourth-order valence-corrected chi connectivity index (χ4v) is 2.52. The fourth-order valence-electron chi connectivity index (χ4n) is 2.52. The molecular weight excluding hydrogens is 236 g/mol. The highest BCUT2D eigenvalue weighted by Crippen LogP contribution is 2.18. The zero-order valence-corrected chi connectivity index (χ0v) is 11.6. The van der Waals surface area contributed by atoms with Gasteiger partial charge in [0.1, 0.15) is 0 Å². The summed E-state index contributed by atoms with van der Waals surface area (Å²) in [4.78, 5) is 2.33. The predicted molar refractivity (Wildman–Crippen MR) is 79.1 cm³/mol. The average Bonchev–Trinajstić information content (AvgIpc) is 2.42. The smallest absolute Gasteiger partial charge is 0.0713 e. The van der Waals surface area contributed by atoms with Gasteiger partial charge in [0, 0.05) is 31.9 Å². The van der Waals surface area contributed by atoms with E-state index < -0.39 is 0 Å². The van der Waals surface area contributed by atoms with Gasteiger partial charge in [-0.25, -0.2) is 0 Å². The minimum absolute atomic E-state index is 0.548. The van der Waals surface area contributed by atoms with E-state index in [9.17, 15) is 0 Å². The van der Waals surface area contributed by atoms with Crippen molar-refractivity contribution in [2.75, 3.05) is 32.1 Å². The number of ether oxygens (including phenoxy) is 1. The van der Waals surface area contributed by atoms with Crippen molar-refractivity contribution < 1.29 is 4.74 Å². The van der Waals surface area contributed by atoms with Crippen LogP contribution in [0.1, 0.15) is 18.4 Å². The summed E-state index contributed by atoms with van der Waals surface area (Å²) in [6, 6.07) is 8.99. The van der Waals surface area contributed by atoms with E-state index in [1.54, 1.807) is 7.11 Å². The van der Waals surface area contributed by atoms with E-state index in [0.717, 1.165) is 32.5 Å². The molecule has 0 saturated carbocycles. The van der Waals surface area contributed by atoms with Crippen LogP contribution in [0.25, 0.3) is 0 Å². The highest BCUT2D eigenvalue weighted by atomic mass is 16.5. The molecule has 1 N–H and O–H groups in total. The summed E-state index contributed by atoms with van der Waals surface area (Å²) in [6.45, 7) is 3.60. The number of anilines is 1. The number of nitrogens with zero attached hydrogens (tertiary/aromatic N) is 1. The first-order valence-electron chi connectivity index (χ1n) is 6.82. The average molecular weight is 258 g/mol. The van der Waals surface area contributed by atoms with Crippen molar-refractivity contribution in [3.8, 4) is 12.3 Å². The highest BCUT2D eigenvalue weighted by Gasteiger charge is 2.18. The van der Waals surface area contributed by atoms with Gasteiger partial charge in [-0.15, -0.1) is 6.42 Å². The molecule has 1 aliphatic rings. The first-order valence-corrected chi connectivity index (χ1v) is 6.82. The number of piperidine rings is 1. The number of hydrogen-bond acceptors (Lipinski definition) is 3. The van der Waals surface area contributed by atoms with Gasteiger partial charge >= 0.3 is 0 Å². The van der Waals surface area contributed by atoms with Crippen LogP contribution in [0.3, 0.4) is 0 Å². The van der Waals surface area contributed by atoms with Gasteiger partial charge in [-0.3, -0.25) is 4.90 Å². The third kappa shape index (κ3) is 4.27. The zero-order valence-electron chi connectivity index (χ0n) is 11.6. The second-order valence-corrected chi connectivity index (χ2v) is 5.03. The second-order valence-electron chi connectivity index (χ2n) is 5.03. The van der Waals surface area contributed by atoms with Crippen molar-refractivity contribution in [1.29, 1.82) is 0 Å². The Morgan fingerprint density at radius 2 is 2.21 bits per heavy atom. The molecule has 3 heteroatoms. The van der Waals surface area contributed by atoms with Crippen molar-refractivity contribution >= 4 is 5.69 Å². The summed E-state index contributed by atoms with van der Waals surface area (Å²) in [5.41, 5.74) is 2.39. The summed E-state index contributed by atoms with van der Waals surface area (Å²) < 4.78 is 5.16. The maximum Gasteiger partial charge on any atom is 0.0713 e. The van der Waals surface area contributed by atoms with Crippen molar-refractivity contribution in [2.24, 2.45) is 0 Å². The molecule has 2 rings (SSSR count). The molecule has 0 atom stereocenters. The standard InChI is InChI=1S/C16H22N2O/c1-3-9-18-10-7-15(8-11-18)17-16-6-4-5-14(12-16)13-19-2/h1,4-6,12,15,17H,7-11,13H2,2H3. The van der Waals surface area contributed by atoms with Crippen molar-refractivity contribution in [2.45, 2.75) is 25.5 Å². The van der Waals surface area contributed by atoms with Crippen LogP contribution < -0.4 is 5.32 Å². The molecule has 102 valence electrons. The van der Waals surface area contributed by atoms with Crippen molar-refractivity contribution in [3.63, 3.8) is 0 Å². The third-order valence-electron chi connectivity index (χ3n) is 3.51. The van der Waals surface area contributed by atoms with Crippen LogP contribution in [0.4, 0.5) is 5.69 Å². The normalized spacial score (nSPS) is 17.1. The van der Waals surface area contributed by atoms with Crippen LogP contribution in [-0.2, 0) is 11.3 Å². The lowest BCUT2D eigenvalue weighted by atomic mass is 10.0. The van der Waals surface area contributed by atoms with Gasteiger partial charge in [0.05, 0.1) is 13.2 Å². The number of benzene rings is 1. The van der Waals surface area contributed by atoms with E-state index in [1.165, 1.54) is 11.3 Å². The monoisotopic (exact) mass is 258 g/mol. The Morgan fingerprint density at radius 3 is 2.89 bits per heavy atom. The predicted octanol–water partition coefficient (Wildman–Crippen LogP) is 2.34. The Balaban J connectivity index is 1.85.